The molecule has 19 heavy (non-hydrogen) atoms. The Morgan fingerprint density at radius 3 is 3.11 bits per heavy atom. The maximum absolute atomic E-state index is 12.1. The average molecular weight is 282 g/mol. The van der Waals surface area contributed by atoms with Crippen molar-refractivity contribution in [2.45, 2.75) is 25.8 Å². The van der Waals surface area contributed by atoms with Gasteiger partial charge in [-0.2, -0.15) is 0 Å². The first-order valence-corrected chi connectivity index (χ1v) is 7.07. The quantitative estimate of drug-likeness (QED) is 0.832. The van der Waals surface area contributed by atoms with Gasteiger partial charge in [-0.05, 0) is 44.1 Å². The van der Waals surface area contributed by atoms with Crippen LogP contribution in [0.2, 0.25) is 5.02 Å². The molecule has 5 heteroatoms. The lowest BCUT2D eigenvalue weighted by molar-refractivity contribution is 0.0942. The van der Waals surface area contributed by atoms with Crippen molar-refractivity contribution in [2.24, 2.45) is 0 Å². The molecule has 0 aromatic heterocycles. The van der Waals surface area contributed by atoms with Gasteiger partial charge in [0.2, 0.25) is 0 Å². The van der Waals surface area contributed by atoms with Gasteiger partial charge in [-0.15, -0.1) is 0 Å². The lowest BCUT2D eigenvalue weighted by atomic mass is 10.1. The number of halogens is 1. The van der Waals surface area contributed by atoms with Crippen LogP contribution in [0.5, 0.6) is 0 Å². The third kappa shape index (κ3) is 3.39. The highest BCUT2D eigenvalue weighted by molar-refractivity contribution is 6.31. The molecule has 3 N–H and O–H groups in total. The van der Waals surface area contributed by atoms with Crippen LogP contribution in [0.25, 0.3) is 0 Å². The number of likely N-dealkylation sites (tertiary alicyclic amines) is 1. The molecule has 2 rings (SSSR count). The smallest absolute Gasteiger partial charge is 0.253 e. The molecule has 0 bridgehead atoms. The molecule has 1 aromatic rings. The topological polar surface area (TPSA) is 58.4 Å². The van der Waals surface area contributed by atoms with E-state index in [1.54, 1.807) is 18.2 Å². The highest BCUT2D eigenvalue weighted by Gasteiger charge is 2.23. The van der Waals surface area contributed by atoms with Crippen LogP contribution in [0, 0.1) is 0 Å². The molecule has 1 aromatic carbocycles. The second-order valence-corrected chi connectivity index (χ2v) is 5.30. The Hall–Kier alpha value is -1.26. The van der Waals surface area contributed by atoms with Gasteiger partial charge >= 0.3 is 0 Å². The molecule has 0 aliphatic carbocycles. The first-order valence-electron chi connectivity index (χ1n) is 6.69. The number of hydrogen-bond donors (Lipinski definition) is 2. The minimum atomic E-state index is -0.150. The van der Waals surface area contributed by atoms with Crippen LogP contribution in [0.3, 0.4) is 0 Å². The Labute approximate surface area is 118 Å². The minimum absolute atomic E-state index is 0.150. The third-order valence-electron chi connectivity index (χ3n) is 3.66. The first kappa shape index (κ1) is 14.2. The number of benzene rings is 1. The maximum atomic E-state index is 12.1. The summed E-state index contributed by atoms with van der Waals surface area (Å²) in [5.41, 5.74) is 6.71. The molecule has 1 aliphatic heterocycles. The molecule has 0 radical (unpaired) electrons. The van der Waals surface area contributed by atoms with Gasteiger partial charge in [0.15, 0.2) is 0 Å². The summed E-state index contributed by atoms with van der Waals surface area (Å²) >= 11 is 5.89. The molecule has 1 fully saturated rings. The highest BCUT2D eigenvalue weighted by atomic mass is 35.5. The Morgan fingerprint density at radius 2 is 2.37 bits per heavy atom. The zero-order chi connectivity index (χ0) is 13.8. The van der Waals surface area contributed by atoms with Crippen molar-refractivity contribution in [3.63, 3.8) is 0 Å². The summed E-state index contributed by atoms with van der Waals surface area (Å²) in [5.74, 6) is -0.150. The summed E-state index contributed by atoms with van der Waals surface area (Å²) in [5, 5.41) is 3.48. The second-order valence-electron chi connectivity index (χ2n) is 4.87. The van der Waals surface area contributed by atoms with Crippen molar-refractivity contribution < 1.29 is 4.79 Å². The van der Waals surface area contributed by atoms with Gasteiger partial charge in [0.05, 0.1) is 5.56 Å². The number of amides is 1. The molecule has 4 nitrogen and oxygen atoms in total. The van der Waals surface area contributed by atoms with E-state index in [9.17, 15) is 4.79 Å². The molecule has 1 heterocycles. The van der Waals surface area contributed by atoms with Crippen molar-refractivity contribution in [1.29, 1.82) is 0 Å². The molecule has 1 aliphatic rings. The van der Waals surface area contributed by atoms with E-state index in [0.717, 1.165) is 19.5 Å². The van der Waals surface area contributed by atoms with E-state index in [0.29, 0.717) is 28.9 Å². The van der Waals surface area contributed by atoms with Crippen LogP contribution in [0.15, 0.2) is 18.2 Å². The Balaban J connectivity index is 1.96. The summed E-state index contributed by atoms with van der Waals surface area (Å²) in [6, 6.07) is 5.39. The molecule has 0 spiro atoms. The van der Waals surface area contributed by atoms with Gasteiger partial charge < -0.3 is 11.1 Å². The third-order valence-corrected chi connectivity index (χ3v) is 3.90. The summed E-state index contributed by atoms with van der Waals surface area (Å²) in [4.78, 5) is 14.5. The lowest BCUT2D eigenvalue weighted by Crippen LogP contribution is -2.40. The molecule has 0 saturated carbocycles. The van der Waals surface area contributed by atoms with Crippen molar-refractivity contribution >= 4 is 23.2 Å². The van der Waals surface area contributed by atoms with Crippen LogP contribution in [0.4, 0.5) is 5.69 Å². The standard InChI is InChI=1S/C14H20ClN3O/c1-2-18-7-3-4-11(18)9-17-14(19)12-8-10(15)5-6-13(12)16/h5-6,8,11H,2-4,7,9,16H2,1H3,(H,17,19). The van der Waals surface area contributed by atoms with E-state index >= 15 is 0 Å². The SMILES string of the molecule is CCN1CCCC1CNC(=O)c1cc(Cl)ccc1N. The average Bonchev–Trinajstić information content (AvgIpc) is 2.86. The number of nitrogens with zero attached hydrogens (tertiary/aromatic N) is 1. The van der Waals surface area contributed by atoms with E-state index in [2.05, 4.69) is 17.1 Å². The number of nitrogens with two attached hydrogens (primary N) is 1. The van der Waals surface area contributed by atoms with Gasteiger partial charge in [-0.3, -0.25) is 9.69 Å². The number of carbonyl (C=O) groups excluding carboxylic acids is 1. The Morgan fingerprint density at radius 1 is 1.58 bits per heavy atom. The molecule has 1 unspecified atom stereocenters. The van der Waals surface area contributed by atoms with Crippen molar-refractivity contribution in [3.8, 4) is 0 Å². The molecule has 1 amide bonds. The normalized spacial score (nSPS) is 19.6. The lowest BCUT2D eigenvalue weighted by Gasteiger charge is -2.23. The van der Waals surface area contributed by atoms with Crippen LogP contribution in [-0.4, -0.2) is 36.5 Å². The van der Waals surface area contributed by atoms with Crippen molar-refractivity contribution in [2.75, 3.05) is 25.4 Å². The van der Waals surface area contributed by atoms with Crippen molar-refractivity contribution in [1.82, 2.24) is 10.2 Å². The van der Waals surface area contributed by atoms with Gasteiger partial charge in [0, 0.05) is 23.3 Å². The number of likely N-dealkylation sites (N-methyl/N-ethyl adjacent to an activating group) is 1. The predicted octanol–water partition coefficient (Wildman–Crippen LogP) is 2.14. The minimum Gasteiger partial charge on any atom is -0.398 e. The van der Waals surface area contributed by atoms with Crippen molar-refractivity contribution in [3.05, 3.63) is 28.8 Å². The fourth-order valence-corrected chi connectivity index (χ4v) is 2.75. The molecular formula is C14H20ClN3O. The van der Waals surface area contributed by atoms with Gasteiger partial charge in [0.1, 0.15) is 0 Å². The number of hydrogen-bond acceptors (Lipinski definition) is 3. The molecule has 104 valence electrons. The van der Waals surface area contributed by atoms with Crippen LogP contribution >= 0.6 is 11.6 Å². The zero-order valence-electron chi connectivity index (χ0n) is 11.2. The number of anilines is 1. The fraction of sp³-hybridized carbons (Fsp3) is 0.500. The van der Waals surface area contributed by atoms with Gasteiger partial charge in [-0.25, -0.2) is 0 Å². The van der Waals surface area contributed by atoms with Gasteiger partial charge in [0.25, 0.3) is 5.91 Å². The van der Waals surface area contributed by atoms with E-state index in [1.165, 1.54) is 6.42 Å². The summed E-state index contributed by atoms with van der Waals surface area (Å²) in [6.45, 7) is 4.96. The van der Waals surface area contributed by atoms with E-state index < -0.39 is 0 Å². The first-order chi connectivity index (χ1) is 9.11. The Bertz CT molecular complexity index is 464. The van der Waals surface area contributed by atoms with Crippen LogP contribution < -0.4 is 11.1 Å². The molecule has 1 atom stereocenters. The van der Waals surface area contributed by atoms with Crippen LogP contribution in [0.1, 0.15) is 30.1 Å². The second kappa shape index (κ2) is 6.26. The Kier molecular flexibility index (Phi) is 4.66. The van der Waals surface area contributed by atoms with Gasteiger partial charge in [-0.1, -0.05) is 18.5 Å². The highest BCUT2D eigenvalue weighted by Crippen LogP contribution is 2.19. The largest absolute Gasteiger partial charge is 0.398 e. The fourth-order valence-electron chi connectivity index (χ4n) is 2.57. The van der Waals surface area contributed by atoms with E-state index in [-0.39, 0.29) is 5.91 Å². The van der Waals surface area contributed by atoms with Crippen LogP contribution in [-0.2, 0) is 0 Å². The maximum Gasteiger partial charge on any atom is 0.253 e. The number of rotatable bonds is 4. The number of nitrogens with one attached hydrogen (secondary N) is 1. The summed E-state index contributed by atoms with van der Waals surface area (Å²) in [6.07, 6.45) is 2.34. The zero-order valence-corrected chi connectivity index (χ0v) is 11.9. The molecule has 1 saturated heterocycles. The van der Waals surface area contributed by atoms with E-state index in [1.807, 2.05) is 0 Å². The summed E-state index contributed by atoms with van der Waals surface area (Å²) < 4.78 is 0. The number of nitrogen functional groups attached to an aromatic ring is 1. The van der Waals surface area contributed by atoms with E-state index in [4.69, 9.17) is 17.3 Å². The predicted molar refractivity (Wildman–Crippen MR) is 78.5 cm³/mol. The molecular weight excluding hydrogens is 262 g/mol. The summed E-state index contributed by atoms with van der Waals surface area (Å²) in [7, 11) is 0. The number of carbonyl (C=O) groups is 1. The monoisotopic (exact) mass is 281 g/mol.